The van der Waals surface area contributed by atoms with Gasteiger partial charge in [-0.05, 0) is 55.5 Å². The maximum absolute atomic E-state index is 13.4. The number of hydrogen-bond donors (Lipinski definition) is 1. The SMILES string of the molecule is CCNC(C)CC(C)(C)c1cc(C)cc(F)c1. The first-order valence-electron chi connectivity index (χ1n) is 6.36. The summed E-state index contributed by atoms with van der Waals surface area (Å²) in [5.74, 6) is -0.135. The van der Waals surface area contributed by atoms with Gasteiger partial charge in [-0.3, -0.25) is 0 Å². The Morgan fingerprint density at radius 2 is 1.94 bits per heavy atom. The number of hydrogen-bond acceptors (Lipinski definition) is 1. The third-order valence-corrected chi connectivity index (χ3v) is 3.19. The molecule has 1 atom stereocenters. The first kappa shape index (κ1) is 14.2. The highest BCUT2D eigenvalue weighted by molar-refractivity contribution is 5.29. The lowest BCUT2D eigenvalue weighted by Gasteiger charge is -2.29. The van der Waals surface area contributed by atoms with E-state index < -0.39 is 0 Å². The molecule has 0 fully saturated rings. The second-order valence-electron chi connectivity index (χ2n) is 5.56. The van der Waals surface area contributed by atoms with E-state index in [0.717, 1.165) is 24.1 Å². The number of halogens is 1. The average Bonchev–Trinajstić information content (AvgIpc) is 2.15. The molecular weight excluding hydrogens is 213 g/mol. The molecule has 0 heterocycles. The quantitative estimate of drug-likeness (QED) is 0.821. The lowest BCUT2D eigenvalue weighted by atomic mass is 9.79. The van der Waals surface area contributed by atoms with Crippen LogP contribution < -0.4 is 5.32 Å². The van der Waals surface area contributed by atoms with Crippen molar-refractivity contribution in [3.8, 4) is 0 Å². The normalized spacial score (nSPS) is 13.8. The van der Waals surface area contributed by atoms with Crippen LogP contribution in [0.1, 0.15) is 45.2 Å². The highest BCUT2D eigenvalue weighted by Crippen LogP contribution is 2.29. The summed E-state index contributed by atoms with van der Waals surface area (Å²) >= 11 is 0. The summed E-state index contributed by atoms with van der Waals surface area (Å²) in [7, 11) is 0. The van der Waals surface area contributed by atoms with Crippen molar-refractivity contribution in [3.63, 3.8) is 0 Å². The molecule has 0 aromatic heterocycles. The summed E-state index contributed by atoms with van der Waals surface area (Å²) in [4.78, 5) is 0. The van der Waals surface area contributed by atoms with Crippen molar-refractivity contribution >= 4 is 0 Å². The van der Waals surface area contributed by atoms with Crippen molar-refractivity contribution < 1.29 is 4.39 Å². The van der Waals surface area contributed by atoms with Crippen LogP contribution in [-0.2, 0) is 5.41 Å². The predicted octanol–water partition coefficient (Wildman–Crippen LogP) is 3.80. The van der Waals surface area contributed by atoms with Crippen LogP contribution in [0, 0.1) is 12.7 Å². The second kappa shape index (κ2) is 5.63. The Bertz CT molecular complexity index is 351. The minimum Gasteiger partial charge on any atom is -0.315 e. The number of rotatable bonds is 5. The van der Waals surface area contributed by atoms with E-state index in [9.17, 15) is 4.39 Å². The van der Waals surface area contributed by atoms with Crippen LogP contribution in [0.5, 0.6) is 0 Å². The number of nitrogens with one attached hydrogen (secondary N) is 1. The fourth-order valence-electron chi connectivity index (χ4n) is 2.43. The molecule has 0 saturated carbocycles. The topological polar surface area (TPSA) is 12.0 Å². The predicted molar refractivity (Wildman–Crippen MR) is 71.9 cm³/mol. The van der Waals surface area contributed by atoms with Gasteiger partial charge in [0.2, 0.25) is 0 Å². The Morgan fingerprint density at radius 3 is 2.47 bits per heavy atom. The first-order valence-corrected chi connectivity index (χ1v) is 6.36. The van der Waals surface area contributed by atoms with Gasteiger partial charge in [-0.2, -0.15) is 0 Å². The van der Waals surface area contributed by atoms with E-state index in [1.807, 2.05) is 6.92 Å². The molecule has 0 radical (unpaired) electrons. The highest BCUT2D eigenvalue weighted by Gasteiger charge is 2.23. The third kappa shape index (κ3) is 4.12. The minimum absolute atomic E-state index is 0.00551. The fraction of sp³-hybridized carbons (Fsp3) is 0.600. The molecule has 1 nitrogen and oxygen atoms in total. The molecule has 0 saturated heterocycles. The highest BCUT2D eigenvalue weighted by atomic mass is 19.1. The number of aryl methyl sites for hydroxylation is 1. The van der Waals surface area contributed by atoms with Crippen molar-refractivity contribution in [2.24, 2.45) is 0 Å². The lowest BCUT2D eigenvalue weighted by Crippen LogP contribution is -2.33. The smallest absolute Gasteiger partial charge is 0.123 e. The molecule has 0 aliphatic carbocycles. The number of benzene rings is 1. The molecule has 1 aromatic rings. The second-order valence-corrected chi connectivity index (χ2v) is 5.56. The molecule has 17 heavy (non-hydrogen) atoms. The summed E-state index contributed by atoms with van der Waals surface area (Å²) in [5, 5.41) is 3.41. The Hall–Kier alpha value is -0.890. The molecule has 1 unspecified atom stereocenters. The van der Waals surface area contributed by atoms with Crippen molar-refractivity contribution in [3.05, 3.63) is 35.1 Å². The van der Waals surface area contributed by atoms with Crippen LogP contribution in [0.3, 0.4) is 0 Å². The summed E-state index contributed by atoms with van der Waals surface area (Å²) in [6, 6.07) is 5.76. The van der Waals surface area contributed by atoms with E-state index in [1.165, 1.54) is 0 Å². The van der Waals surface area contributed by atoms with Crippen LogP contribution in [0.4, 0.5) is 4.39 Å². The minimum atomic E-state index is -0.135. The molecule has 96 valence electrons. The van der Waals surface area contributed by atoms with E-state index >= 15 is 0 Å². The molecule has 2 heteroatoms. The Labute approximate surface area is 104 Å². The van der Waals surface area contributed by atoms with Gasteiger partial charge in [0.05, 0.1) is 0 Å². The van der Waals surface area contributed by atoms with Crippen LogP contribution in [-0.4, -0.2) is 12.6 Å². The van der Waals surface area contributed by atoms with Crippen LogP contribution in [0.15, 0.2) is 18.2 Å². The van der Waals surface area contributed by atoms with Gasteiger partial charge in [0.25, 0.3) is 0 Å². The van der Waals surface area contributed by atoms with Gasteiger partial charge in [-0.25, -0.2) is 4.39 Å². The zero-order chi connectivity index (χ0) is 13.1. The zero-order valence-electron chi connectivity index (χ0n) is 11.6. The van der Waals surface area contributed by atoms with Gasteiger partial charge < -0.3 is 5.32 Å². The maximum Gasteiger partial charge on any atom is 0.123 e. The van der Waals surface area contributed by atoms with Crippen LogP contribution in [0.2, 0.25) is 0 Å². The van der Waals surface area contributed by atoms with E-state index in [2.05, 4.69) is 39.1 Å². The summed E-state index contributed by atoms with van der Waals surface area (Å²) in [6.45, 7) is 11.5. The van der Waals surface area contributed by atoms with Gasteiger partial charge in [-0.15, -0.1) is 0 Å². The third-order valence-electron chi connectivity index (χ3n) is 3.19. The molecule has 1 rings (SSSR count). The van der Waals surface area contributed by atoms with E-state index in [4.69, 9.17) is 0 Å². The summed E-state index contributed by atoms with van der Waals surface area (Å²) < 4.78 is 13.4. The zero-order valence-corrected chi connectivity index (χ0v) is 11.6. The summed E-state index contributed by atoms with van der Waals surface area (Å²) in [5.41, 5.74) is 2.07. The molecule has 1 aromatic carbocycles. The largest absolute Gasteiger partial charge is 0.315 e. The van der Waals surface area contributed by atoms with Gasteiger partial charge in [-0.1, -0.05) is 26.8 Å². The Kier molecular flexibility index (Phi) is 4.70. The van der Waals surface area contributed by atoms with E-state index in [-0.39, 0.29) is 11.2 Å². The molecule has 0 aliphatic rings. The molecular formula is C15H24FN. The fourth-order valence-corrected chi connectivity index (χ4v) is 2.43. The molecule has 0 aliphatic heterocycles. The standard InChI is InChI=1S/C15H24FN/c1-6-17-12(3)10-15(4,5)13-7-11(2)8-14(16)9-13/h7-9,12,17H,6,10H2,1-5H3. The first-order chi connectivity index (χ1) is 7.85. The molecule has 1 N–H and O–H groups in total. The van der Waals surface area contributed by atoms with Crippen molar-refractivity contribution in [1.29, 1.82) is 0 Å². The van der Waals surface area contributed by atoms with Gasteiger partial charge in [0.15, 0.2) is 0 Å². The molecule has 0 amide bonds. The van der Waals surface area contributed by atoms with Gasteiger partial charge >= 0.3 is 0 Å². The van der Waals surface area contributed by atoms with Crippen LogP contribution in [0.25, 0.3) is 0 Å². The maximum atomic E-state index is 13.4. The lowest BCUT2D eigenvalue weighted by molar-refractivity contribution is 0.392. The van der Waals surface area contributed by atoms with E-state index in [1.54, 1.807) is 12.1 Å². The van der Waals surface area contributed by atoms with Gasteiger partial charge in [0, 0.05) is 6.04 Å². The Balaban J connectivity index is 2.88. The Morgan fingerprint density at radius 1 is 1.29 bits per heavy atom. The van der Waals surface area contributed by atoms with Crippen LogP contribution >= 0.6 is 0 Å². The molecule has 0 bridgehead atoms. The average molecular weight is 237 g/mol. The van der Waals surface area contributed by atoms with E-state index in [0.29, 0.717) is 6.04 Å². The molecule has 0 spiro atoms. The van der Waals surface area contributed by atoms with Crippen molar-refractivity contribution in [2.75, 3.05) is 6.54 Å². The van der Waals surface area contributed by atoms with Crippen molar-refractivity contribution in [2.45, 2.75) is 52.5 Å². The summed E-state index contributed by atoms with van der Waals surface area (Å²) in [6.07, 6.45) is 1.00. The van der Waals surface area contributed by atoms with Gasteiger partial charge in [0.1, 0.15) is 5.82 Å². The monoisotopic (exact) mass is 237 g/mol. The van der Waals surface area contributed by atoms with Crippen molar-refractivity contribution in [1.82, 2.24) is 5.32 Å².